The first-order valence-electron chi connectivity index (χ1n) is 4.29. The van der Waals surface area contributed by atoms with E-state index in [0.29, 0.717) is 0 Å². The maximum atomic E-state index is 12.7. The molecule has 0 aromatic heterocycles. The van der Waals surface area contributed by atoms with Gasteiger partial charge in [-0.1, -0.05) is 11.6 Å². The Labute approximate surface area is 96.8 Å². The highest BCUT2D eigenvalue weighted by molar-refractivity contribution is 6.32. The molecule has 0 spiro atoms. The van der Waals surface area contributed by atoms with Crippen LogP contribution < -0.4 is 4.74 Å². The van der Waals surface area contributed by atoms with E-state index in [2.05, 4.69) is 0 Å². The molecule has 6 heteroatoms. The molecule has 0 unspecified atom stereocenters. The van der Waals surface area contributed by atoms with E-state index in [4.69, 9.17) is 21.6 Å². The molecule has 1 aromatic rings. The van der Waals surface area contributed by atoms with Gasteiger partial charge in [0.15, 0.2) is 5.75 Å². The summed E-state index contributed by atoms with van der Waals surface area (Å²) < 4.78 is 17.5. The molecule has 1 rings (SSSR count). The third-order valence-corrected chi connectivity index (χ3v) is 2.01. The molecule has 0 N–H and O–H groups in total. The molecule has 4 nitrogen and oxygen atoms in total. The molecule has 0 saturated heterocycles. The van der Waals surface area contributed by atoms with Gasteiger partial charge in [0.25, 0.3) is 0 Å². The maximum Gasteiger partial charge on any atom is 0.415 e. The summed E-state index contributed by atoms with van der Waals surface area (Å²) in [5, 5.41) is 8.37. The minimum atomic E-state index is -0.727. The number of carbonyl (C=O) groups excluding carboxylic acids is 1. The van der Waals surface area contributed by atoms with Crippen LogP contribution in [-0.2, 0) is 0 Å². The zero-order valence-corrected chi connectivity index (χ0v) is 9.16. The SMILES string of the molecule is CN(CC#N)C(=O)Oc1ccc(F)cc1Cl. The molecule has 0 fully saturated rings. The van der Waals surface area contributed by atoms with Crippen molar-refractivity contribution in [1.29, 1.82) is 5.26 Å². The highest BCUT2D eigenvalue weighted by Crippen LogP contribution is 2.25. The van der Waals surface area contributed by atoms with E-state index in [1.807, 2.05) is 0 Å². The molecule has 0 radical (unpaired) electrons. The largest absolute Gasteiger partial charge is 0.415 e. The first-order chi connectivity index (χ1) is 7.54. The fourth-order valence-electron chi connectivity index (χ4n) is 0.901. The van der Waals surface area contributed by atoms with Crippen molar-refractivity contribution in [2.75, 3.05) is 13.6 Å². The standard InChI is InChI=1S/C10H8ClFN2O2/c1-14(5-4-13)10(15)16-9-3-2-7(12)6-8(9)11/h2-3,6H,5H2,1H3. The summed E-state index contributed by atoms with van der Waals surface area (Å²) in [6.07, 6.45) is -0.727. The molecule has 0 heterocycles. The smallest absolute Gasteiger partial charge is 0.409 e. The van der Waals surface area contributed by atoms with Crippen LogP contribution in [0.3, 0.4) is 0 Å². The lowest BCUT2D eigenvalue weighted by molar-refractivity contribution is 0.168. The first kappa shape index (κ1) is 12.3. The number of hydrogen-bond acceptors (Lipinski definition) is 3. The van der Waals surface area contributed by atoms with E-state index in [1.54, 1.807) is 6.07 Å². The van der Waals surface area contributed by atoms with Crippen LogP contribution in [0, 0.1) is 17.1 Å². The number of nitriles is 1. The predicted molar refractivity (Wildman–Crippen MR) is 55.7 cm³/mol. The lowest BCUT2D eigenvalue weighted by Gasteiger charge is -2.13. The van der Waals surface area contributed by atoms with Gasteiger partial charge in [0.05, 0.1) is 11.1 Å². The molecule has 1 amide bonds. The molecule has 0 aliphatic heterocycles. The van der Waals surface area contributed by atoms with Gasteiger partial charge < -0.3 is 4.74 Å². The summed E-state index contributed by atoms with van der Waals surface area (Å²) in [7, 11) is 1.41. The van der Waals surface area contributed by atoms with Crippen LogP contribution in [0.15, 0.2) is 18.2 Å². The van der Waals surface area contributed by atoms with Crippen LogP contribution in [0.4, 0.5) is 9.18 Å². The fourth-order valence-corrected chi connectivity index (χ4v) is 1.11. The van der Waals surface area contributed by atoms with Gasteiger partial charge in [-0.2, -0.15) is 5.26 Å². The minimum absolute atomic E-state index is 0.00120. The molecule has 1 aromatic carbocycles. The highest BCUT2D eigenvalue weighted by atomic mass is 35.5. The third-order valence-electron chi connectivity index (χ3n) is 1.71. The first-order valence-corrected chi connectivity index (χ1v) is 4.67. The summed E-state index contributed by atoms with van der Waals surface area (Å²) in [6, 6.07) is 5.20. The zero-order valence-electron chi connectivity index (χ0n) is 8.41. The Kier molecular flexibility index (Phi) is 4.09. The van der Waals surface area contributed by atoms with Crippen molar-refractivity contribution in [1.82, 2.24) is 4.90 Å². The number of benzene rings is 1. The second-order valence-electron chi connectivity index (χ2n) is 2.96. The molecule has 0 bridgehead atoms. The summed E-state index contributed by atoms with van der Waals surface area (Å²) in [5.74, 6) is -0.465. The van der Waals surface area contributed by atoms with Crippen molar-refractivity contribution in [3.63, 3.8) is 0 Å². The van der Waals surface area contributed by atoms with Gasteiger partial charge in [0.1, 0.15) is 12.4 Å². The van der Waals surface area contributed by atoms with Crippen LogP contribution in [0.1, 0.15) is 0 Å². The predicted octanol–water partition coefficient (Wildman–Crippen LogP) is 2.43. The van der Waals surface area contributed by atoms with Gasteiger partial charge in [0.2, 0.25) is 0 Å². The average Bonchev–Trinajstić information content (AvgIpc) is 2.22. The fraction of sp³-hybridized carbons (Fsp3) is 0.200. The van der Waals surface area contributed by atoms with Gasteiger partial charge in [-0.05, 0) is 18.2 Å². The van der Waals surface area contributed by atoms with Crippen LogP contribution in [0.5, 0.6) is 5.75 Å². The lowest BCUT2D eigenvalue weighted by Crippen LogP contribution is -2.29. The second kappa shape index (κ2) is 5.33. The zero-order chi connectivity index (χ0) is 12.1. The molecular formula is C10H8ClFN2O2. The highest BCUT2D eigenvalue weighted by Gasteiger charge is 2.13. The number of hydrogen-bond donors (Lipinski definition) is 0. The van der Waals surface area contributed by atoms with Crippen LogP contribution in [0.2, 0.25) is 5.02 Å². The lowest BCUT2D eigenvalue weighted by atomic mass is 10.3. The van der Waals surface area contributed by atoms with E-state index >= 15 is 0 Å². The van der Waals surface area contributed by atoms with E-state index in [1.165, 1.54) is 13.1 Å². The average molecular weight is 243 g/mol. The van der Waals surface area contributed by atoms with E-state index < -0.39 is 11.9 Å². The molecule has 84 valence electrons. The van der Waals surface area contributed by atoms with Gasteiger partial charge >= 0.3 is 6.09 Å². The maximum absolute atomic E-state index is 12.7. The van der Waals surface area contributed by atoms with Gasteiger partial charge in [0, 0.05) is 7.05 Å². The summed E-state index contributed by atoms with van der Waals surface area (Å²) in [5.41, 5.74) is 0. The Morgan fingerprint density at radius 2 is 2.38 bits per heavy atom. The molecular weight excluding hydrogens is 235 g/mol. The summed E-state index contributed by atoms with van der Waals surface area (Å²) in [4.78, 5) is 12.4. The van der Waals surface area contributed by atoms with Crippen molar-refractivity contribution in [2.24, 2.45) is 0 Å². The van der Waals surface area contributed by atoms with E-state index in [0.717, 1.165) is 17.0 Å². The van der Waals surface area contributed by atoms with Crippen LogP contribution in [0.25, 0.3) is 0 Å². The van der Waals surface area contributed by atoms with Gasteiger partial charge in [-0.3, -0.25) is 4.90 Å². The van der Waals surface area contributed by atoms with Crippen molar-refractivity contribution in [3.05, 3.63) is 29.0 Å². The van der Waals surface area contributed by atoms with Crippen LogP contribution >= 0.6 is 11.6 Å². The number of ether oxygens (including phenoxy) is 1. The topological polar surface area (TPSA) is 53.3 Å². The number of carbonyl (C=O) groups is 1. The number of halogens is 2. The van der Waals surface area contributed by atoms with E-state index in [-0.39, 0.29) is 17.3 Å². The van der Waals surface area contributed by atoms with E-state index in [9.17, 15) is 9.18 Å². The Bertz CT molecular complexity index is 445. The number of nitrogens with zero attached hydrogens (tertiary/aromatic N) is 2. The molecule has 0 aliphatic carbocycles. The number of rotatable bonds is 2. The Morgan fingerprint density at radius 3 is 2.94 bits per heavy atom. The normalized spacial score (nSPS) is 9.38. The van der Waals surface area contributed by atoms with Gasteiger partial charge in [-0.15, -0.1) is 0 Å². The van der Waals surface area contributed by atoms with Crippen LogP contribution in [-0.4, -0.2) is 24.6 Å². The monoisotopic (exact) mass is 242 g/mol. The molecule has 0 saturated carbocycles. The molecule has 0 atom stereocenters. The Balaban J connectivity index is 2.74. The molecule has 16 heavy (non-hydrogen) atoms. The Morgan fingerprint density at radius 1 is 1.69 bits per heavy atom. The molecule has 0 aliphatic rings. The van der Waals surface area contributed by atoms with Crippen molar-refractivity contribution in [2.45, 2.75) is 0 Å². The third kappa shape index (κ3) is 3.11. The van der Waals surface area contributed by atoms with Crippen molar-refractivity contribution >= 4 is 17.7 Å². The summed E-state index contributed by atoms with van der Waals surface area (Å²) >= 11 is 5.65. The summed E-state index contributed by atoms with van der Waals surface area (Å²) in [6.45, 7) is -0.0996. The number of amides is 1. The van der Waals surface area contributed by atoms with Crippen molar-refractivity contribution in [3.8, 4) is 11.8 Å². The van der Waals surface area contributed by atoms with Crippen molar-refractivity contribution < 1.29 is 13.9 Å². The second-order valence-corrected chi connectivity index (χ2v) is 3.36. The van der Waals surface area contributed by atoms with Gasteiger partial charge in [-0.25, -0.2) is 9.18 Å². The Hall–Kier alpha value is -1.80. The minimum Gasteiger partial charge on any atom is -0.409 e. The quantitative estimate of drug-likeness (QED) is 0.749.